The molecule has 1 heterocycles. The fraction of sp³-hybridized carbons (Fsp3) is 0.211. The minimum absolute atomic E-state index is 0.221. The summed E-state index contributed by atoms with van der Waals surface area (Å²) in [5.74, 6) is -0.814. The third kappa shape index (κ3) is 3.41. The number of carbonyl (C=O) groups excluding carboxylic acids is 3. The molecule has 6 nitrogen and oxygen atoms in total. The molecule has 0 atom stereocenters. The van der Waals surface area contributed by atoms with Gasteiger partial charge < -0.3 is 9.47 Å². The molecular formula is C19H16ClNO5. The van der Waals surface area contributed by atoms with Gasteiger partial charge in [0.15, 0.2) is 0 Å². The Bertz CT molecular complexity index is 845. The standard InChI is InChI=1S/C19H16ClNO5/c1-25-19(24)15-11-12(20)7-8-16(15)26-10-4-9-21-17(22)13-5-2-3-6-14(13)18(21)23/h2-3,5-8,11H,4,9-10H2,1H3. The average molecular weight is 374 g/mol. The van der Waals surface area contributed by atoms with Crippen LogP contribution in [0, 0.1) is 0 Å². The van der Waals surface area contributed by atoms with Gasteiger partial charge in [0.25, 0.3) is 11.8 Å². The monoisotopic (exact) mass is 373 g/mol. The number of imide groups is 1. The first-order valence-corrected chi connectivity index (χ1v) is 8.36. The highest BCUT2D eigenvalue weighted by atomic mass is 35.5. The predicted octanol–water partition coefficient (Wildman–Crippen LogP) is 3.19. The fourth-order valence-corrected chi connectivity index (χ4v) is 2.92. The SMILES string of the molecule is COC(=O)c1cc(Cl)ccc1OCCCN1C(=O)c2ccccc2C1=O. The van der Waals surface area contributed by atoms with Crippen molar-refractivity contribution in [1.82, 2.24) is 4.90 Å². The van der Waals surface area contributed by atoms with Gasteiger partial charge in [-0.3, -0.25) is 14.5 Å². The van der Waals surface area contributed by atoms with Crippen LogP contribution in [0.2, 0.25) is 5.02 Å². The van der Waals surface area contributed by atoms with Gasteiger partial charge in [0, 0.05) is 11.6 Å². The number of fused-ring (bicyclic) bond motifs is 1. The summed E-state index contributed by atoms with van der Waals surface area (Å²) in [6, 6.07) is 11.4. The van der Waals surface area contributed by atoms with Gasteiger partial charge in [0.1, 0.15) is 11.3 Å². The van der Waals surface area contributed by atoms with Crippen LogP contribution >= 0.6 is 11.6 Å². The topological polar surface area (TPSA) is 72.9 Å². The Morgan fingerprint density at radius 2 is 1.73 bits per heavy atom. The predicted molar refractivity (Wildman–Crippen MR) is 94.7 cm³/mol. The molecule has 0 aromatic heterocycles. The smallest absolute Gasteiger partial charge is 0.341 e. The van der Waals surface area contributed by atoms with E-state index in [1.54, 1.807) is 36.4 Å². The largest absolute Gasteiger partial charge is 0.493 e. The number of hydrogen-bond donors (Lipinski definition) is 0. The van der Waals surface area contributed by atoms with E-state index in [1.807, 2.05) is 0 Å². The molecule has 7 heteroatoms. The van der Waals surface area contributed by atoms with Crippen LogP contribution in [-0.2, 0) is 4.74 Å². The van der Waals surface area contributed by atoms with Gasteiger partial charge in [-0.2, -0.15) is 0 Å². The third-order valence-corrected chi connectivity index (χ3v) is 4.24. The van der Waals surface area contributed by atoms with Crippen LogP contribution in [0.4, 0.5) is 0 Å². The number of halogens is 1. The van der Waals surface area contributed by atoms with Crippen LogP contribution in [0.3, 0.4) is 0 Å². The summed E-state index contributed by atoms with van der Waals surface area (Å²) >= 11 is 5.90. The Morgan fingerprint density at radius 1 is 1.08 bits per heavy atom. The average Bonchev–Trinajstić information content (AvgIpc) is 2.90. The first-order chi connectivity index (χ1) is 12.5. The van der Waals surface area contributed by atoms with E-state index >= 15 is 0 Å². The quantitative estimate of drug-likeness (QED) is 0.441. The first-order valence-electron chi connectivity index (χ1n) is 7.99. The summed E-state index contributed by atoms with van der Waals surface area (Å²) in [6.45, 7) is 0.451. The van der Waals surface area contributed by atoms with E-state index in [0.717, 1.165) is 0 Å². The molecule has 1 aliphatic heterocycles. The molecule has 0 radical (unpaired) electrons. The molecule has 2 aromatic rings. The molecule has 0 saturated heterocycles. The Balaban J connectivity index is 1.60. The number of benzene rings is 2. The van der Waals surface area contributed by atoms with Crippen LogP contribution in [0.1, 0.15) is 37.5 Å². The van der Waals surface area contributed by atoms with Gasteiger partial charge in [0.05, 0.1) is 24.8 Å². The van der Waals surface area contributed by atoms with Gasteiger partial charge in [-0.25, -0.2) is 4.79 Å². The van der Waals surface area contributed by atoms with Crippen LogP contribution < -0.4 is 4.74 Å². The van der Waals surface area contributed by atoms with Gasteiger partial charge >= 0.3 is 5.97 Å². The molecule has 0 bridgehead atoms. The number of esters is 1. The third-order valence-electron chi connectivity index (χ3n) is 4.01. The zero-order valence-electron chi connectivity index (χ0n) is 14.0. The second-order valence-corrected chi connectivity index (χ2v) is 6.08. The molecular weight excluding hydrogens is 358 g/mol. The summed E-state index contributed by atoms with van der Waals surface area (Å²) in [5, 5.41) is 0.392. The zero-order chi connectivity index (χ0) is 18.7. The minimum Gasteiger partial charge on any atom is -0.493 e. The molecule has 0 N–H and O–H groups in total. The van der Waals surface area contributed by atoms with Crippen LogP contribution in [0.15, 0.2) is 42.5 Å². The van der Waals surface area contributed by atoms with Crippen molar-refractivity contribution >= 4 is 29.4 Å². The summed E-state index contributed by atoms with van der Waals surface area (Å²) in [5.41, 5.74) is 1.06. The fourth-order valence-electron chi connectivity index (χ4n) is 2.74. The van der Waals surface area contributed by atoms with E-state index in [-0.39, 0.29) is 30.5 Å². The van der Waals surface area contributed by atoms with Crippen molar-refractivity contribution in [2.75, 3.05) is 20.3 Å². The first kappa shape index (κ1) is 17.9. The molecule has 0 aliphatic carbocycles. The number of methoxy groups -OCH3 is 1. The van der Waals surface area contributed by atoms with Gasteiger partial charge in [-0.15, -0.1) is 0 Å². The maximum Gasteiger partial charge on any atom is 0.341 e. The summed E-state index contributed by atoms with van der Waals surface area (Å²) in [7, 11) is 1.27. The molecule has 2 aromatic carbocycles. The highest BCUT2D eigenvalue weighted by Crippen LogP contribution is 2.25. The van der Waals surface area contributed by atoms with E-state index in [9.17, 15) is 14.4 Å². The number of amides is 2. The lowest BCUT2D eigenvalue weighted by Gasteiger charge is -2.15. The molecule has 2 amide bonds. The van der Waals surface area contributed by atoms with Gasteiger partial charge in [0.2, 0.25) is 0 Å². The van der Waals surface area contributed by atoms with Gasteiger partial charge in [-0.1, -0.05) is 23.7 Å². The van der Waals surface area contributed by atoms with E-state index < -0.39 is 5.97 Å². The Morgan fingerprint density at radius 3 is 2.35 bits per heavy atom. The molecule has 1 aliphatic rings. The molecule has 0 fully saturated rings. The van der Waals surface area contributed by atoms with E-state index in [1.165, 1.54) is 18.1 Å². The highest BCUT2D eigenvalue weighted by Gasteiger charge is 2.34. The summed E-state index contributed by atoms with van der Waals surface area (Å²) in [4.78, 5) is 37.5. The summed E-state index contributed by atoms with van der Waals surface area (Å²) in [6.07, 6.45) is 0.425. The second-order valence-electron chi connectivity index (χ2n) is 5.64. The van der Waals surface area contributed by atoms with Crippen molar-refractivity contribution in [2.24, 2.45) is 0 Å². The van der Waals surface area contributed by atoms with Crippen LogP contribution in [-0.4, -0.2) is 42.9 Å². The number of ether oxygens (including phenoxy) is 2. The molecule has 3 rings (SSSR count). The van der Waals surface area contributed by atoms with Crippen molar-refractivity contribution in [2.45, 2.75) is 6.42 Å². The highest BCUT2D eigenvalue weighted by molar-refractivity contribution is 6.31. The van der Waals surface area contributed by atoms with Gasteiger partial charge in [-0.05, 0) is 36.8 Å². The lowest BCUT2D eigenvalue weighted by atomic mass is 10.1. The van der Waals surface area contributed by atoms with Crippen molar-refractivity contribution in [3.05, 3.63) is 64.2 Å². The molecule has 0 spiro atoms. The van der Waals surface area contributed by atoms with E-state index in [0.29, 0.717) is 28.3 Å². The number of nitrogens with zero attached hydrogens (tertiary/aromatic N) is 1. The molecule has 26 heavy (non-hydrogen) atoms. The van der Waals surface area contributed by atoms with Crippen molar-refractivity contribution in [3.8, 4) is 5.75 Å². The molecule has 0 saturated carbocycles. The Labute approximate surface area is 155 Å². The van der Waals surface area contributed by atoms with Crippen molar-refractivity contribution in [1.29, 1.82) is 0 Å². The maximum atomic E-state index is 12.3. The van der Waals surface area contributed by atoms with Crippen molar-refractivity contribution in [3.63, 3.8) is 0 Å². The second kappa shape index (κ2) is 7.58. The Kier molecular flexibility index (Phi) is 5.23. The number of rotatable bonds is 6. The minimum atomic E-state index is -0.553. The normalized spacial score (nSPS) is 12.9. The lowest BCUT2D eigenvalue weighted by molar-refractivity contribution is 0.0595. The zero-order valence-corrected chi connectivity index (χ0v) is 14.8. The van der Waals surface area contributed by atoms with Crippen LogP contribution in [0.5, 0.6) is 5.75 Å². The van der Waals surface area contributed by atoms with Crippen LogP contribution in [0.25, 0.3) is 0 Å². The van der Waals surface area contributed by atoms with E-state index in [4.69, 9.17) is 21.1 Å². The molecule has 134 valence electrons. The maximum absolute atomic E-state index is 12.3. The lowest BCUT2D eigenvalue weighted by Crippen LogP contribution is -2.31. The van der Waals surface area contributed by atoms with E-state index in [2.05, 4.69) is 0 Å². The number of carbonyl (C=O) groups is 3. The number of hydrogen-bond acceptors (Lipinski definition) is 5. The van der Waals surface area contributed by atoms with Crippen molar-refractivity contribution < 1.29 is 23.9 Å². The Hall–Kier alpha value is -2.86. The summed E-state index contributed by atoms with van der Waals surface area (Å²) < 4.78 is 10.3. The molecule has 0 unspecified atom stereocenters.